The number of hydrogen-bond acceptors (Lipinski definition) is 4. The smallest absolute Gasteiger partial charge is 0.224 e. The van der Waals surface area contributed by atoms with Gasteiger partial charge in [0.2, 0.25) is 5.91 Å². The van der Waals surface area contributed by atoms with Crippen molar-refractivity contribution in [3.8, 4) is 0 Å². The van der Waals surface area contributed by atoms with E-state index >= 15 is 0 Å². The topological polar surface area (TPSA) is 74.2 Å². The number of amides is 1. The molecule has 0 bridgehead atoms. The highest BCUT2D eigenvalue weighted by molar-refractivity contribution is 5.90. The highest BCUT2D eigenvalue weighted by atomic mass is 16.2. The number of aromatic nitrogens is 1. The van der Waals surface area contributed by atoms with Gasteiger partial charge in [-0.05, 0) is 43.7 Å². The lowest BCUT2D eigenvalue weighted by Gasteiger charge is -2.20. The minimum absolute atomic E-state index is 0.0899. The summed E-state index contributed by atoms with van der Waals surface area (Å²) in [5, 5.41) is 14.9. The van der Waals surface area contributed by atoms with E-state index < -0.39 is 0 Å². The molecule has 0 aromatic carbocycles. The van der Waals surface area contributed by atoms with Crippen LogP contribution in [0.5, 0.6) is 0 Å². The number of anilines is 2. The highest BCUT2D eigenvalue weighted by Gasteiger charge is 2.14. The molecule has 24 heavy (non-hydrogen) atoms. The normalized spacial score (nSPS) is 15.2. The maximum atomic E-state index is 12.0. The van der Waals surface area contributed by atoms with Gasteiger partial charge in [-0.15, -0.1) is 0 Å². The first-order chi connectivity index (χ1) is 11.8. The molecule has 1 aromatic heterocycles. The molecule has 1 aromatic rings. The van der Waals surface area contributed by atoms with Gasteiger partial charge in [0.05, 0.1) is 11.9 Å². The molecule has 0 unspecified atom stereocenters. The van der Waals surface area contributed by atoms with E-state index in [1.54, 1.807) is 6.20 Å². The first-order valence-electron chi connectivity index (χ1n) is 9.38. The Kier molecular flexibility index (Phi) is 8.60. The highest BCUT2D eigenvalue weighted by Crippen LogP contribution is 2.27. The molecule has 0 saturated heterocycles. The molecule has 1 saturated carbocycles. The molecule has 0 atom stereocenters. The van der Waals surface area contributed by atoms with Crippen LogP contribution in [0.25, 0.3) is 0 Å². The van der Waals surface area contributed by atoms with Crippen LogP contribution in [0.4, 0.5) is 11.5 Å². The Labute approximate surface area is 145 Å². The predicted octanol–water partition coefficient (Wildman–Crippen LogP) is 3.96. The van der Waals surface area contributed by atoms with Gasteiger partial charge < -0.3 is 15.7 Å². The van der Waals surface area contributed by atoms with Crippen molar-refractivity contribution in [2.24, 2.45) is 5.92 Å². The van der Waals surface area contributed by atoms with E-state index in [-0.39, 0.29) is 12.5 Å². The summed E-state index contributed by atoms with van der Waals surface area (Å²) >= 11 is 0. The van der Waals surface area contributed by atoms with Crippen LogP contribution < -0.4 is 10.6 Å². The first-order valence-corrected chi connectivity index (χ1v) is 9.38. The lowest BCUT2D eigenvalue weighted by Crippen LogP contribution is -2.15. The number of hydrogen-bond donors (Lipinski definition) is 3. The van der Waals surface area contributed by atoms with Gasteiger partial charge in [-0.25, -0.2) is 4.98 Å². The fourth-order valence-electron chi connectivity index (χ4n) is 3.24. The summed E-state index contributed by atoms with van der Waals surface area (Å²) in [4.78, 5) is 16.4. The maximum Gasteiger partial charge on any atom is 0.224 e. The zero-order chi connectivity index (χ0) is 17.0. The van der Waals surface area contributed by atoms with Gasteiger partial charge in [0.15, 0.2) is 0 Å². The van der Waals surface area contributed by atoms with Gasteiger partial charge in [0.1, 0.15) is 5.82 Å². The van der Waals surface area contributed by atoms with Crippen LogP contribution in [0.15, 0.2) is 18.3 Å². The van der Waals surface area contributed by atoms with Gasteiger partial charge in [0, 0.05) is 19.6 Å². The molecule has 0 spiro atoms. The number of carbonyl (C=O) groups excluding carboxylic acids is 1. The van der Waals surface area contributed by atoms with Crippen molar-refractivity contribution in [3.63, 3.8) is 0 Å². The van der Waals surface area contributed by atoms with Gasteiger partial charge in [-0.1, -0.05) is 32.1 Å². The van der Waals surface area contributed by atoms with E-state index in [0.29, 0.717) is 6.42 Å². The third kappa shape index (κ3) is 7.30. The molecule has 3 N–H and O–H groups in total. The Morgan fingerprint density at radius 1 is 1.17 bits per heavy atom. The molecule has 0 radical (unpaired) electrons. The van der Waals surface area contributed by atoms with Crippen LogP contribution >= 0.6 is 0 Å². The Hall–Kier alpha value is -1.62. The van der Waals surface area contributed by atoms with E-state index in [0.717, 1.165) is 49.7 Å². The first kappa shape index (κ1) is 18.7. The predicted molar refractivity (Wildman–Crippen MR) is 98.1 cm³/mol. The van der Waals surface area contributed by atoms with Gasteiger partial charge in [-0.3, -0.25) is 4.79 Å². The SMILES string of the molecule is O=C(CCC1CCCCC1)Nc1ccc(NCCCCCO)nc1. The molecule has 0 aliphatic heterocycles. The summed E-state index contributed by atoms with van der Waals surface area (Å²) in [5.74, 6) is 1.64. The number of carbonyl (C=O) groups is 1. The van der Waals surface area contributed by atoms with E-state index in [2.05, 4.69) is 15.6 Å². The number of pyridine rings is 1. The van der Waals surface area contributed by atoms with E-state index in [1.165, 1.54) is 32.1 Å². The molecule has 1 fully saturated rings. The van der Waals surface area contributed by atoms with E-state index in [1.807, 2.05) is 12.1 Å². The second kappa shape index (κ2) is 11.0. The largest absolute Gasteiger partial charge is 0.396 e. The fraction of sp³-hybridized carbons (Fsp3) is 0.684. The summed E-state index contributed by atoms with van der Waals surface area (Å²) in [6.07, 6.45) is 12.8. The third-order valence-electron chi connectivity index (χ3n) is 4.69. The second-order valence-electron chi connectivity index (χ2n) is 6.73. The summed E-state index contributed by atoms with van der Waals surface area (Å²) in [5.41, 5.74) is 0.759. The number of aliphatic hydroxyl groups is 1. The second-order valence-corrected chi connectivity index (χ2v) is 6.73. The summed E-state index contributed by atoms with van der Waals surface area (Å²) < 4.78 is 0. The number of nitrogens with zero attached hydrogens (tertiary/aromatic N) is 1. The molecular weight excluding hydrogens is 302 g/mol. The van der Waals surface area contributed by atoms with Crippen LogP contribution in [0, 0.1) is 5.92 Å². The fourth-order valence-corrected chi connectivity index (χ4v) is 3.24. The molecular formula is C19H31N3O2. The standard InChI is InChI=1S/C19H31N3O2/c23-14-6-2-5-13-20-18-11-10-17(15-21-18)22-19(24)12-9-16-7-3-1-4-8-16/h10-11,15-16,23H,1-9,12-14H2,(H,20,21)(H,22,24). The lowest BCUT2D eigenvalue weighted by molar-refractivity contribution is -0.116. The monoisotopic (exact) mass is 333 g/mol. The van der Waals surface area contributed by atoms with Crippen LogP contribution in [0.3, 0.4) is 0 Å². The Balaban J connectivity index is 1.64. The lowest BCUT2D eigenvalue weighted by atomic mass is 9.86. The Bertz CT molecular complexity index is 470. The van der Waals surface area contributed by atoms with Crippen molar-refractivity contribution in [3.05, 3.63) is 18.3 Å². The van der Waals surface area contributed by atoms with Crippen LogP contribution in [-0.4, -0.2) is 29.1 Å². The molecule has 5 nitrogen and oxygen atoms in total. The van der Waals surface area contributed by atoms with Crippen molar-refractivity contribution in [1.82, 2.24) is 4.98 Å². The molecule has 1 amide bonds. The third-order valence-corrected chi connectivity index (χ3v) is 4.69. The van der Waals surface area contributed by atoms with E-state index in [9.17, 15) is 4.79 Å². The van der Waals surface area contributed by atoms with Crippen molar-refractivity contribution >= 4 is 17.4 Å². The minimum atomic E-state index is 0.0899. The van der Waals surface area contributed by atoms with Crippen LogP contribution in [0.2, 0.25) is 0 Å². The summed E-state index contributed by atoms with van der Waals surface area (Å²) in [7, 11) is 0. The zero-order valence-electron chi connectivity index (χ0n) is 14.6. The van der Waals surface area contributed by atoms with Gasteiger partial charge in [-0.2, -0.15) is 0 Å². The summed E-state index contributed by atoms with van der Waals surface area (Å²) in [6.45, 7) is 1.10. The quantitative estimate of drug-likeness (QED) is 0.567. The maximum absolute atomic E-state index is 12.0. The average Bonchev–Trinajstić information content (AvgIpc) is 2.62. The number of unbranched alkanes of at least 4 members (excludes halogenated alkanes) is 2. The minimum Gasteiger partial charge on any atom is -0.396 e. The summed E-state index contributed by atoms with van der Waals surface area (Å²) in [6, 6.07) is 3.78. The van der Waals surface area contributed by atoms with Crippen LogP contribution in [-0.2, 0) is 4.79 Å². The van der Waals surface area contributed by atoms with Crippen molar-refractivity contribution in [2.45, 2.75) is 64.2 Å². The molecule has 5 heteroatoms. The van der Waals surface area contributed by atoms with Crippen molar-refractivity contribution in [1.29, 1.82) is 0 Å². The average molecular weight is 333 g/mol. The van der Waals surface area contributed by atoms with Gasteiger partial charge in [0.25, 0.3) is 0 Å². The van der Waals surface area contributed by atoms with Crippen molar-refractivity contribution in [2.75, 3.05) is 23.8 Å². The molecule has 1 aliphatic carbocycles. The number of aliphatic hydroxyl groups excluding tert-OH is 1. The molecule has 1 heterocycles. The molecule has 2 rings (SSSR count). The van der Waals surface area contributed by atoms with Crippen LogP contribution in [0.1, 0.15) is 64.2 Å². The number of nitrogens with one attached hydrogen (secondary N) is 2. The molecule has 1 aliphatic rings. The zero-order valence-corrected chi connectivity index (χ0v) is 14.6. The molecule has 134 valence electrons. The Morgan fingerprint density at radius 2 is 2.00 bits per heavy atom. The Morgan fingerprint density at radius 3 is 2.71 bits per heavy atom. The van der Waals surface area contributed by atoms with Crippen molar-refractivity contribution < 1.29 is 9.90 Å². The van der Waals surface area contributed by atoms with E-state index in [4.69, 9.17) is 5.11 Å². The van der Waals surface area contributed by atoms with Gasteiger partial charge >= 0.3 is 0 Å². The number of rotatable bonds is 10.